The maximum Gasteiger partial charge on any atom is 0.262 e. The summed E-state index contributed by atoms with van der Waals surface area (Å²) in [6.45, 7) is 3.73. The highest BCUT2D eigenvalue weighted by Gasteiger charge is 2.20. The maximum absolute atomic E-state index is 14.2. The van der Waals surface area contributed by atoms with E-state index < -0.39 is 0 Å². The molecule has 1 fully saturated rings. The lowest BCUT2D eigenvalue weighted by atomic mass is 10.1. The molecule has 0 atom stereocenters. The highest BCUT2D eigenvalue weighted by Crippen LogP contribution is 2.25. The van der Waals surface area contributed by atoms with Crippen LogP contribution in [-0.2, 0) is 4.79 Å². The van der Waals surface area contributed by atoms with Crippen molar-refractivity contribution in [3.8, 4) is 11.8 Å². The molecule has 4 nitrogen and oxygen atoms in total. The van der Waals surface area contributed by atoms with Crippen LogP contribution in [0.15, 0.2) is 35.9 Å². The smallest absolute Gasteiger partial charge is 0.262 e. The monoisotopic (exact) mass is 351 g/mol. The second-order valence-electron chi connectivity index (χ2n) is 6.74. The highest BCUT2D eigenvalue weighted by molar-refractivity contribution is 6.02. The van der Waals surface area contributed by atoms with E-state index in [0.29, 0.717) is 5.69 Å². The fraction of sp³-hybridized carbons (Fsp3) is 0.333. The first-order valence-electron chi connectivity index (χ1n) is 8.87. The summed E-state index contributed by atoms with van der Waals surface area (Å²) in [6, 6.07) is 10.6. The molecule has 3 rings (SSSR count). The van der Waals surface area contributed by atoms with E-state index >= 15 is 0 Å². The van der Waals surface area contributed by atoms with Gasteiger partial charge in [0.1, 0.15) is 17.5 Å². The van der Waals surface area contributed by atoms with Gasteiger partial charge < -0.3 is 9.88 Å². The van der Waals surface area contributed by atoms with Crippen LogP contribution in [0.4, 0.5) is 4.39 Å². The molecule has 5 heteroatoms. The van der Waals surface area contributed by atoms with Crippen molar-refractivity contribution in [3.63, 3.8) is 0 Å². The molecule has 1 aliphatic carbocycles. The van der Waals surface area contributed by atoms with Crippen LogP contribution in [0.5, 0.6) is 0 Å². The van der Waals surface area contributed by atoms with Crippen LogP contribution in [0.25, 0.3) is 11.8 Å². The van der Waals surface area contributed by atoms with Gasteiger partial charge >= 0.3 is 0 Å². The minimum Gasteiger partial charge on any atom is -0.349 e. The molecule has 2 aromatic rings. The Morgan fingerprint density at radius 3 is 2.65 bits per heavy atom. The Kier molecular flexibility index (Phi) is 5.22. The molecule has 0 spiro atoms. The molecular weight excluding hydrogens is 329 g/mol. The number of rotatable bonds is 4. The van der Waals surface area contributed by atoms with Crippen molar-refractivity contribution in [1.29, 1.82) is 5.26 Å². The molecule has 134 valence electrons. The first-order chi connectivity index (χ1) is 12.5. The van der Waals surface area contributed by atoms with E-state index in [-0.39, 0.29) is 23.3 Å². The molecule has 1 aromatic heterocycles. The van der Waals surface area contributed by atoms with Crippen molar-refractivity contribution >= 4 is 12.0 Å². The lowest BCUT2D eigenvalue weighted by Crippen LogP contribution is -2.33. The van der Waals surface area contributed by atoms with Gasteiger partial charge in [-0.1, -0.05) is 25.0 Å². The Balaban J connectivity index is 1.92. The molecule has 0 aliphatic heterocycles. The summed E-state index contributed by atoms with van der Waals surface area (Å²) in [5.41, 5.74) is 2.90. The molecule has 0 unspecified atom stereocenters. The van der Waals surface area contributed by atoms with Crippen molar-refractivity contribution in [2.45, 2.75) is 45.6 Å². The van der Waals surface area contributed by atoms with Crippen LogP contribution in [0.2, 0.25) is 0 Å². The topological polar surface area (TPSA) is 57.8 Å². The number of carbonyl (C=O) groups excluding carboxylic acids is 1. The summed E-state index contributed by atoms with van der Waals surface area (Å²) in [5, 5.41) is 12.3. The molecule has 0 bridgehead atoms. The van der Waals surface area contributed by atoms with Crippen LogP contribution in [0.1, 0.15) is 42.6 Å². The van der Waals surface area contributed by atoms with Crippen molar-refractivity contribution in [2.75, 3.05) is 0 Å². The predicted molar refractivity (Wildman–Crippen MR) is 99.2 cm³/mol. The second kappa shape index (κ2) is 7.57. The average Bonchev–Trinajstić information content (AvgIpc) is 3.22. The SMILES string of the molecule is Cc1cc(/C=C(/C#N)C(=O)NC2CCCC2)c(C)n1-c1ccccc1F. The summed E-state index contributed by atoms with van der Waals surface area (Å²) in [4.78, 5) is 12.4. The number of halogens is 1. The van der Waals surface area contributed by atoms with Gasteiger partial charge in [0.15, 0.2) is 0 Å². The largest absolute Gasteiger partial charge is 0.349 e. The molecule has 1 aromatic carbocycles. The van der Waals surface area contributed by atoms with E-state index in [0.717, 1.165) is 42.6 Å². The lowest BCUT2D eigenvalue weighted by Gasteiger charge is -2.11. The zero-order valence-electron chi connectivity index (χ0n) is 15.1. The molecule has 26 heavy (non-hydrogen) atoms. The number of nitrogens with one attached hydrogen (secondary N) is 1. The van der Waals surface area contributed by atoms with Gasteiger partial charge in [-0.3, -0.25) is 4.79 Å². The Labute approximate surface area is 152 Å². The first-order valence-corrected chi connectivity index (χ1v) is 8.87. The van der Waals surface area contributed by atoms with Crippen LogP contribution in [0, 0.1) is 31.0 Å². The minimum absolute atomic E-state index is 0.0747. The number of aromatic nitrogens is 1. The van der Waals surface area contributed by atoms with Gasteiger partial charge in [0.05, 0.1) is 5.69 Å². The Hall–Kier alpha value is -2.87. The Bertz CT molecular complexity index is 898. The number of nitrogens with zero attached hydrogens (tertiary/aromatic N) is 2. The van der Waals surface area contributed by atoms with Gasteiger partial charge in [-0.25, -0.2) is 4.39 Å². The molecule has 1 amide bonds. The fourth-order valence-electron chi connectivity index (χ4n) is 3.57. The number of aryl methyl sites for hydroxylation is 1. The van der Waals surface area contributed by atoms with E-state index in [1.807, 2.05) is 26.0 Å². The molecule has 1 N–H and O–H groups in total. The summed E-state index contributed by atoms with van der Waals surface area (Å²) < 4.78 is 16.0. The zero-order valence-corrected chi connectivity index (χ0v) is 15.1. The molecule has 1 heterocycles. The van der Waals surface area contributed by atoms with E-state index in [9.17, 15) is 14.4 Å². The molecule has 1 saturated carbocycles. The van der Waals surface area contributed by atoms with Gasteiger partial charge in [-0.15, -0.1) is 0 Å². The van der Waals surface area contributed by atoms with E-state index in [1.54, 1.807) is 28.8 Å². The average molecular weight is 351 g/mol. The number of benzene rings is 1. The molecule has 0 radical (unpaired) electrons. The van der Waals surface area contributed by atoms with E-state index in [1.165, 1.54) is 6.07 Å². The van der Waals surface area contributed by atoms with Gasteiger partial charge in [-0.05, 0) is 56.5 Å². The van der Waals surface area contributed by atoms with Crippen molar-refractivity contribution in [1.82, 2.24) is 9.88 Å². The second-order valence-corrected chi connectivity index (χ2v) is 6.74. The van der Waals surface area contributed by atoms with Crippen LogP contribution >= 0.6 is 0 Å². The number of hydrogen-bond acceptors (Lipinski definition) is 2. The fourth-order valence-corrected chi connectivity index (χ4v) is 3.57. The van der Waals surface area contributed by atoms with Gasteiger partial charge in [0.2, 0.25) is 0 Å². The number of carbonyl (C=O) groups is 1. The predicted octanol–water partition coefficient (Wildman–Crippen LogP) is 4.20. The van der Waals surface area contributed by atoms with E-state index in [4.69, 9.17) is 0 Å². The lowest BCUT2D eigenvalue weighted by molar-refractivity contribution is -0.117. The van der Waals surface area contributed by atoms with E-state index in [2.05, 4.69) is 5.32 Å². The maximum atomic E-state index is 14.2. The first kappa shape index (κ1) is 17.9. The summed E-state index contributed by atoms with van der Waals surface area (Å²) in [6.07, 6.45) is 5.74. The third-order valence-corrected chi connectivity index (χ3v) is 4.92. The van der Waals surface area contributed by atoms with Gasteiger partial charge in [0.25, 0.3) is 5.91 Å². The van der Waals surface area contributed by atoms with Gasteiger partial charge in [0, 0.05) is 17.4 Å². The standard InChI is InChI=1S/C21H22FN3O/c1-14-11-16(15(2)25(14)20-10-6-5-9-19(20)22)12-17(13-23)21(26)24-18-7-3-4-8-18/h5-6,9-12,18H,3-4,7-8H2,1-2H3,(H,24,26)/b17-12-. The van der Waals surface area contributed by atoms with Gasteiger partial charge in [-0.2, -0.15) is 5.26 Å². The molecule has 1 aliphatic rings. The Morgan fingerprint density at radius 1 is 1.31 bits per heavy atom. The van der Waals surface area contributed by atoms with Crippen LogP contribution in [-0.4, -0.2) is 16.5 Å². The van der Waals surface area contributed by atoms with Crippen molar-refractivity contribution in [3.05, 3.63) is 58.7 Å². The third-order valence-electron chi connectivity index (χ3n) is 4.92. The Morgan fingerprint density at radius 2 is 2.00 bits per heavy atom. The summed E-state index contributed by atoms with van der Waals surface area (Å²) in [5.74, 6) is -0.653. The highest BCUT2D eigenvalue weighted by atomic mass is 19.1. The van der Waals surface area contributed by atoms with Crippen molar-refractivity contribution < 1.29 is 9.18 Å². The van der Waals surface area contributed by atoms with Crippen molar-refractivity contribution in [2.24, 2.45) is 0 Å². The number of amides is 1. The van der Waals surface area contributed by atoms with Crippen LogP contribution < -0.4 is 5.32 Å². The normalized spacial score (nSPS) is 15.1. The molecule has 0 saturated heterocycles. The minimum atomic E-state index is -0.338. The molecular formula is C21H22FN3O. The number of para-hydroxylation sites is 1. The quantitative estimate of drug-likeness (QED) is 0.663. The zero-order chi connectivity index (χ0) is 18.7. The third kappa shape index (κ3) is 3.55. The number of hydrogen-bond donors (Lipinski definition) is 1. The summed E-state index contributed by atoms with van der Waals surface area (Å²) in [7, 11) is 0. The number of nitriles is 1. The summed E-state index contributed by atoms with van der Waals surface area (Å²) >= 11 is 0. The van der Waals surface area contributed by atoms with Crippen LogP contribution in [0.3, 0.4) is 0 Å².